The fourth-order valence-electron chi connectivity index (χ4n) is 1.69. The first-order chi connectivity index (χ1) is 9.47. The minimum Gasteiger partial charge on any atom is -0.376 e. The lowest BCUT2D eigenvalue weighted by Crippen LogP contribution is -2.13. The average molecular weight is 310 g/mol. The van der Waals surface area contributed by atoms with Crippen LogP contribution in [0.4, 0.5) is 11.4 Å². The predicted octanol–water partition coefficient (Wildman–Crippen LogP) is 3.71. The molecule has 0 unspecified atom stereocenters. The van der Waals surface area contributed by atoms with Gasteiger partial charge in [0, 0.05) is 31.5 Å². The zero-order valence-electron chi connectivity index (χ0n) is 11.0. The van der Waals surface area contributed by atoms with Crippen LogP contribution in [0, 0.1) is 0 Å². The van der Waals surface area contributed by atoms with Crippen LogP contribution in [-0.2, 0) is 0 Å². The van der Waals surface area contributed by atoms with Crippen LogP contribution in [0.25, 0.3) is 0 Å². The molecule has 1 amide bonds. The van der Waals surface area contributed by atoms with Gasteiger partial charge in [-0.25, -0.2) is 4.98 Å². The van der Waals surface area contributed by atoms with E-state index in [1.807, 2.05) is 25.1 Å². The molecule has 0 aliphatic carbocycles. The molecule has 1 aromatic heterocycles. The molecule has 0 saturated heterocycles. The monoisotopic (exact) mass is 309 g/mol. The van der Waals surface area contributed by atoms with E-state index in [0.717, 1.165) is 5.69 Å². The van der Waals surface area contributed by atoms with Gasteiger partial charge < -0.3 is 10.2 Å². The van der Waals surface area contributed by atoms with Gasteiger partial charge in [0.2, 0.25) is 0 Å². The number of carbonyl (C=O) groups is 1. The van der Waals surface area contributed by atoms with Gasteiger partial charge in [0.25, 0.3) is 5.91 Å². The van der Waals surface area contributed by atoms with Crippen LogP contribution in [0.1, 0.15) is 10.4 Å². The third-order valence-corrected chi connectivity index (χ3v) is 3.19. The van der Waals surface area contributed by atoms with Gasteiger partial charge in [0.15, 0.2) is 0 Å². The van der Waals surface area contributed by atoms with Crippen LogP contribution in [-0.4, -0.2) is 25.0 Å². The second-order valence-electron chi connectivity index (χ2n) is 4.38. The number of aromatic nitrogens is 1. The van der Waals surface area contributed by atoms with Gasteiger partial charge in [0.05, 0.1) is 10.7 Å². The molecule has 1 heterocycles. The summed E-state index contributed by atoms with van der Waals surface area (Å²) in [4.78, 5) is 17.8. The first kappa shape index (κ1) is 14.6. The smallest absolute Gasteiger partial charge is 0.255 e. The zero-order chi connectivity index (χ0) is 14.7. The van der Waals surface area contributed by atoms with Crippen molar-refractivity contribution in [1.29, 1.82) is 0 Å². The summed E-state index contributed by atoms with van der Waals surface area (Å²) in [5.41, 5.74) is 1.95. The minimum absolute atomic E-state index is 0.261. The summed E-state index contributed by atoms with van der Waals surface area (Å²) < 4.78 is 0. The van der Waals surface area contributed by atoms with Gasteiger partial charge >= 0.3 is 0 Å². The molecule has 0 bridgehead atoms. The molecule has 0 saturated carbocycles. The highest BCUT2D eigenvalue weighted by Gasteiger charge is 2.09. The van der Waals surface area contributed by atoms with Crippen molar-refractivity contribution in [3.8, 4) is 0 Å². The van der Waals surface area contributed by atoms with Gasteiger partial charge in [0.1, 0.15) is 5.15 Å². The minimum atomic E-state index is -0.261. The highest BCUT2D eigenvalue weighted by molar-refractivity contribution is 6.33. The molecule has 0 fully saturated rings. The molecule has 2 rings (SSSR count). The molecule has 1 N–H and O–H groups in total. The normalized spacial score (nSPS) is 10.2. The number of nitrogens with one attached hydrogen (secondary N) is 1. The zero-order valence-corrected chi connectivity index (χ0v) is 12.5. The number of hydrogen-bond donors (Lipinski definition) is 1. The highest BCUT2D eigenvalue weighted by Crippen LogP contribution is 2.27. The Bertz CT molecular complexity index is 644. The molecule has 4 nitrogen and oxygen atoms in total. The number of amides is 1. The van der Waals surface area contributed by atoms with E-state index in [1.165, 1.54) is 12.3 Å². The summed E-state index contributed by atoms with van der Waals surface area (Å²) in [5.74, 6) is -0.261. The molecule has 0 aliphatic heterocycles. The molecule has 104 valence electrons. The fraction of sp³-hybridized carbons (Fsp3) is 0.143. The van der Waals surface area contributed by atoms with Gasteiger partial charge in [-0.2, -0.15) is 0 Å². The fourth-order valence-corrected chi connectivity index (χ4v) is 2.22. The van der Waals surface area contributed by atoms with E-state index >= 15 is 0 Å². The Hall–Kier alpha value is -1.78. The molecule has 2 aromatic rings. The summed E-state index contributed by atoms with van der Waals surface area (Å²) in [7, 11) is 3.80. The van der Waals surface area contributed by atoms with E-state index < -0.39 is 0 Å². The first-order valence-corrected chi connectivity index (χ1v) is 6.63. The van der Waals surface area contributed by atoms with Crippen molar-refractivity contribution < 1.29 is 4.79 Å². The topological polar surface area (TPSA) is 45.2 Å². The number of halogens is 2. The molecular weight excluding hydrogens is 297 g/mol. The van der Waals surface area contributed by atoms with Crippen LogP contribution < -0.4 is 10.2 Å². The lowest BCUT2D eigenvalue weighted by molar-refractivity contribution is 0.102. The second-order valence-corrected chi connectivity index (χ2v) is 5.18. The molecular formula is C14H13Cl2N3O. The van der Waals surface area contributed by atoms with Crippen LogP contribution in [0.15, 0.2) is 36.5 Å². The second kappa shape index (κ2) is 6.11. The van der Waals surface area contributed by atoms with E-state index in [9.17, 15) is 4.79 Å². The number of anilines is 2. The van der Waals surface area contributed by atoms with Crippen molar-refractivity contribution in [2.45, 2.75) is 0 Å². The number of benzene rings is 1. The number of carbonyl (C=O) groups excluding carboxylic acids is 1. The lowest BCUT2D eigenvalue weighted by Gasteiger charge is -2.15. The predicted molar refractivity (Wildman–Crippen MR) is 83.0 cm³/mol. The van der Waals surface area contributed by atoms with Gasteiger partial charge in [-0.15, -0.1) is 0 Å². The summed E-state index contributed by atoms with van der Waals surface area (Å²) in [6.45, 7) is 0. The Balaban J connectivity index is 2.18. The van der Waals surface area contributed by atoms with Crippen LogP contribution >= 0.6 is 23.2 Å². The maximum absolute atomic E-state index is 12.0. The molecule has 1 aromatic carbocycles. The third-order valence-electron chi connectivity index (χ3n) is 2.68. The van der Waals surface area contributed by atoms with E-state index in [0.29, 0.717) is 16.3 Å². The van der Waals surface area contributed by atoms with Gasteiger partial charge in [-0.1, -0.05) is 23.2 Å². The number of rotatable bonds is 3. The summed E-state index contributed by atoms with van der Waals surface area (Å²) in [5, 5.41) is 3.61. The van der Waals surface area contributed by atoms with Crippen molar-refractivity contribution in [2.75, 3.05) is 24.3 Å². The molecule has 0 aliphatic rings. The van der Waals surface area contributed by atoms with E-state index in [1.54, 1.807) is 18.2 Å². The van der Waals surface area contributed by atoms with Crippen molar-refractivity contribution in [3.05, 3.63) is 52.3 Å². The SMILES string of the molecule is CN(C)c1ccc(NC(=O)c2ccnc(Cl)c2)cc1Cl. The van der Waals surface area contributed by atoms with Gasteiger partial charge in [-0.3, -0.25) is 4.79 Å². The lowest BCUT2D eigenvalue weighted by atomic mass is 10.2. The van der Waals surface area contributed by atoms with E-state index in [4.69, 9.17) is 23.2 Å². The largest absolute Gasteiger partial charge is 0.376 e. The van der Waals surface area contributed by atoms with E-state index in [-0.39, 0.29) is 11.1 Å². The van der Waals surface area contributed by atoms with Crippen molar-refractivity contribution in [2.24, 2.45) is 0 Å². The molecule has 0 radical (unpaired) electrons. The summed E-state index contributed by atoms with van der Waals surface area (Å²) in [6, 6.07) is 8.45. The Morgan fingerprint density at radius 3 is 2.55 bits per heavy atom. The maximum atomic E-state index is 12.0. The highest BCUT2D eigenvalue weighted by atomic mass is 35.5. The molecule has 0 atom stereocenters. The first-order valence-electron chi connectivity index (χ1n) is 5.87. The van der Waals surface area contributed by atoms with Gasteiger partial charge in [-0.05, 0) is 30.3 Å². The quantitative estimate of drug-likeness (QED) is 0.879. The molecule has 0 spiro atoms. The van der Waals surface area contributed by atoms with Crippen molar-refractivity contribution in [1.82, 2.24) is 4.98 Å². The van der Waals surface area contributed by atoms with Crippen LogP contribution in [0.2, 0.25) is 10.2 Å². The van der Waals surface area contributed by atoms with Crippen LogP contribution in [0.3, 0.4) is 0 Å². The molecule has 20 heavy (non-hydrogen) atoms. The Morgan fingerprint density at radius 2 is 1.95 bits per heavy atom. The Labute approximate surface area is 127 Å². The van der Waals surface area contributed by atoms with Crippen molar-refractivity contribution >= 4 is 40.5 Å². The summed E-state index contributed by atoms with van der Waals surface area (Å²) in [6.07, 6.45) is 1.49. The van der Waals surface area contributed by atoms with E-state index in [2.05, 4.69) is 10.3 Å². The number of pyridine rings is 1. The third kappa shape index (κ3) is 3.40. The average Bonchev–Trinajstić information content (AvgIpc) is 2.38. The van der Waals surface area contributed by atoms with Crippen LogP contribution in [0.5, 0.6) is 0 Å². The Morgan fingerprint density at radius 1 is 1.20 bits per heavy atom. The maximum Gasteiger partial charge on any atom is 0.255 e. The standard InChI is InChI=1S/C14H13Cl2N3O/c1-19(2)12-4-3-10(8-11(12)15)18-14(20)9-5-6-17-13(16)7-9/h3-8H,1-2H3,(H,18,20). The van der Waals surface area contributed by atoms with Crippen molar-refractivity contribution in [3.63, 3.8) is 0 Å². The number of hydrogen-bond acceptors (Lipinski definition) is 3. The summed E-state index contributed by atoms with van der Waals surface area (Å²) >= 11 is 11.9. The molecule has 6 heteroatoms. The number of nitrogens with zero attached hydrogens (tertiary/aromatic N) is 2. The Kier molecular flexibility index (Phi) is 4.47.